The smallest absolute Gasteiger partial charge is 0.371 e. The second-order valence-electron chi connectivity index (χ2n) is 7.93. The molecule has 2 N–H and O–H groups in total. The molecule has 0 amide bonds. The Hall–Kier alpha value is -2.72. The summed E-state index contributed by atoms with van der Waals surface area (Å²) in [6.45, 7) is -0.214. The standard InChI is InChI=1S/C23H24ClNO7S/c24-19-9-7-17(8-10-19)14-23(21(27)13-20(26)22(28)29)11-4-12-25(16-23)33(30,31)32-15-18-5-2-1-3-6-18/h1-3,5-10,13,26H,4,11-12,14-16H2,(H,28,29). The Labute approximate surface area is 197 Å². The summed E-state index contributed by atoms with van der Waals surface area (Å²) in [5.41, 5.74) is 0.120. The van der Waals surface area contributed by atoms with Crippen molar-refractivity contribution in [3.63, 3.8) is 0 Å². The number of carboxylic acids is 1. The summed E-state index contributed by atoms with van der Waals surface area (Å²) < 4.78 is 32.1. The van der Waals surface area contributed by atoms with Crippen molar-refractivity contribution >= 4 is 33.7 Å². The first-order valence-electron chi connectivity index (χ1n) is 10.2. The summed E-state index contributed by atoms with van der Waals surface area (Å²) >= 11 is 5.94. The van der Waals surface area contributed by atoms with E-state index in [1.165, 1.54) is 0 Å². The van der Waals surface area contributed by atoms with Crippen molar-refractivity contribution in [2.24, 2.45) is 5.41 Å². The van der Waals surface area contributed by atoms with Crippen molar-refractivity contribution in [3.05, 3.63) is 82.6 Å². The van der Waals surface area contributed by atoms with Crippen LogP contribution in [0.15, 0.2) is 66.4 Å². The Morgan fingerprint density at radius 1 is 1.06 bits per heavy atom. The number of piperidine rings is 1. The first kappa shape index (κ1) is 24.9. The number of nitrogens with zero attached hydrogens (tertiary/aromatic N) is 1. The molecule has 1 aliphatic rings. The molecule has 1 atom stereocenters. The largest absolute Gasteiger partial charge is 0.502 e. The fourth-order valence-corrected chi connectivity index (χ4v) is 5.15. The minimum atomic E-state index is -4.17. The van der Waals surface area contributed by atoms with Crippen molar-refractivity contribution < 1.29 is 32.4 Å². The summed E-state index contributed by atoms with van der Waals surface area (Å²) in [6, 6.07) is 15.6. The molecule has 2 aromatic carbocycles. The van der Waals surface area contributed by atoms with Crippen LogP contribution in [0.4, 0.5) is 0 Å². The van der Waals surface area contributed by atoms with E-state index in [1.54, 1.807) is 54.6 Å². The van der Waals surface area contributed by atoms with Gasteiger partial charge in [0.15, 0.2) is 5.78 Å². The Kier molecular flexibility index (Phi) is 7.91. The van der Waals surface area contributed by atoms with Gasteiger partial charge in [-0.1, -0.05) is 54.1 Å². The van der Waals surface area contributed by atoms with Gasteiger partial charge in [-0.15, -0.1) is 0 Å². The molecule has 0 bridgehead atoms. The molecule has 33 heavy (non-hydrogen) atoms. The number of aliphatic carboxylic acids is 1. The molecule has 0 saturated carbocycles. The van der Waals surface area contributed by atoms with Gasteiger partial charge < -0.3 is 10.2 Å². The number of allylic oxidation sites excluding steroid dienone is 1. The minimum Gasteiger partial charge on any atom is -0.502 e. The summed E-state index contributed by atoms with van der Waals surface area (Å²) in [4.78, 5) is 24.2. The lowest BCUT2D eigenvalue weighted by molar-refractivity contribution is -0.136. The van der Waals surface area contributed by atoms with E-state index in [4.69, 9.17) is 20.9 Å². The highest BCUT2D eigenvalue weighted by molar-refractivity contribution is 7.84. The van der Waals surface area contributed by atoms with Crippen LogP contribution in [0.3, 0.4) is 0 Å². The van der Waals surface area contributed by atoms with Crippen LogP contribution >= 0.6 is 11.6 Å². The van der Waals surface area contributed by atoms with Crippen LogP contribution in [0.1, 0.15) is 24.0 Å². The number of ketones is 1. The fraction of sp³-hybridized carbons (Fsp3) is 0.304. The molecule has 176 valence electrons. The number of hydrogen-bond acceptors (Lipinski definition) is 6. The maximum atomic E-state index is 13.2. The molecule has 0 aliphatic carbocycles. The van der Waals surface area contributed by atoms with Gasteiger partial charge in [-0.05, 0) is 42.5 Å². The number of carbonyl (C=O) groups is 2. The lowest BCUT2D eigenvalue weighted by Crippen LogP contribution is -2.51. The summed E-state index contributed by atoms with van der Waals surface area (Å²) in [7, 11) is -4.17. The zero-order valence-electron chi connectivity index (χ0n) is 17.7. The number of halogens is 1. The van der Waals surface area contributed by atoms with Gasteiger partial charge in [0.25, 0.3) is 0 Å². The van der Waals surface area contributed by atoms with Crippen molar-refractivity contribution in [3.8, 4) is 0 Å². The number of hydrogen-bond donors (Lipinski definition) is 2. The minimum absolute atomic E-state index is 0.136. The Morgan fingerprint density at radius 3 is 2.36 bits per heavy atom. The van der Waals surface area contributed by atoms with Crippen molar-refractivity contribution in [1.29, 1.82) is 0 Å². The maximum Gasteiger partial charge on any atom is 0.371 e. The zero-order chi connectivity index (χ0) is 24.1. The molecule has 1 saturated heterocycles. The molecule has 0 spiro atoms. The van der Waals surface area contributed by atoms with Gasteiger partial charge >= 0.3 is 16.3 Å². The molecule has 1 heterocycles. The second kappa shape index (κ2) is 10.5. The van der Waals surface area contributed by atoms with E-state index in [0.29, 0.717) is 29.5 Å². The Balaban J connectivity index is 1.88. The molecule has 8 nitrogen and oxygen atoms in total. The van der Waals surface area contributed by atoms with Gasteiger partial charge in [-0.2, -0.15) is 12.7 Å². The van der Waals surface area contributed by atoms with E-state index in [9.17, 15) is 23.1 Å². The summed E-state index contributed by atoms with van der Waals surface area (Å²) in [5, 5.41) is 19.1. The van der Waals surface area contributed by atoms with Gasteiger partial charge in [0.05, 0.1) is 12.0 Å². The SMILES string of the molecule is O=C(O)C(O)=CC(=O)C1(Cc2ccc(Cl)cc2)CCCN(S(=O)(=O)OCc2ccccc2)C1. The van der Waals surface area contributed by atoms with E-state index < -0.39 is 33.2 Å². The third-order valence-corrected chi connectivity index (χ3v) is 7.15. The van der Waals surface area contributed by atoms with E-state index in [0.717, 1.165) is 9.87 Å². The predicted molar refractivity (Wildman–Crippen MR) is 122 cm³/mol. The highest BCUT2D eigenvalue weighted by atomic mass is 35.5. The molecule has 1 aliphatic heterocycles. The average molecular weight is 494 g/mol. The zero-order valence-corrected chi connectivity index (χ0v) is 19.3. The third-order valence-electron chi connectivity index (χ3n) is 5.54. The highest BCUT2D eigenvalue weighted by Gasteiger charge is 2.45. The van der Waals surface area contributed by atoms with E-state index in [1.807, 2.05) is 0 Å². The van der Waals surface area contributed by atoms with Crippen LogP contribution in [0.5, 0.6) is 0 Å². The molecule has 1 unspecified atom stereocenters. The van der Waals surface area contributed by atoms with Gasteiger partial charge in [0, 0.05) is 24.2 Å². The lowest BCUT2D eigenvalue weighted by atomic mass is 9.72. The van der Waals surface area contributed by atoms with Crippen LogP contribution < -0.4 is 0 Å². The van der Waals surface area contributed by atoms with Crippen LogP contribution in [0.25, 0.3) is 0 Å². The molecule has 0 radical (unpaired) electrons. The van der Waals surface area contributed by atoms with E-state index >= 15 is 0 Å². The number of carboxylic acid groups (broad SMARTS) is 1. The lowest BCUT2D eigenvalue weighted by Gasteiger charge is -2.40. The topological polar surface area (TPSA) is 121 Å². The van der Waals surface area contributed by atoms with Crippen molar-refractivity contribution in [2.45, 2.75) is 25.9 Å². The molecule has 3 rings (SSSR count). The normalized spacial score (nSPS) is 19.8. The Bertz CT molecular complexity index is 1130. The molecule has 10 heteroatoms. The first-order chi connectivity index (χ1) is 15.6. The van der Waals surface area contributed by atoms with Crippen LogP contribution in [0.2, 0.25) is 5.02 Å². The molecule has 0 aromatic heterocycles. The number of benzene rings is 2. The van der Waals surface area contributed by atoms with E-state index in [2.05, 4.69) is 0 Å². The number of carbonyl (C=O) groups excluding carboxylic acids is 1. The van der Waals surface area contributed by atoms with Crippen molar-refractivity contribution in [1.82, 2.24) is 4.31 Å². The highest BCUT2D eigenvalue weighted by Crippen LogP contribution is 2.37. The van der Waals surface area contributed by atoms with Gasteiger partial charge in [0.2, 0.25) is 5.76 Å². The number of aliphatic hydroxyl groups excluding tert-OH is 1. The monoisotopic (exact) mass is 493 g/mol. The van der Waals surface area contributed by atoms with Crippen molar-refractivity contribution in [2.75, 3.05) is 13.1 Å². The quantitative estimate of drug-likeness (QED) is 0.405. The van der Waals surface area contributed by atoms with Crippen LogP contribution in [0, 0.1) is 5.41 Å². The molecular formula is C23H24ClNO7S. The van der Waals surface area contributed by atoms with E-state index in [-0.39, 0.29) is 26.1 Å². The first-order valence-corrected chi connectivity index (χ1v) is 12.0. The molecular weight excluding hydrogens is 470 g/mol. The van der Waals surface area contributed by atoms with Crippen LogP contribution in [-0.4, -0.2) is 47.8 Å². The fourth-order valence-electron chi connectivity index (χ4n) is 3.84. The number of aliphatic hydroxyl groups is 1. The molecule has 2 aromatic rings. The number of rotatable bonds is 9. The van der Waals surface area contributed by atoms with Gasteiger partial charge in [-0.25, -0.2) is 4.79 Å². The van der Waals surface area contributed by atoms with Gasteiger partial charge in [0.1, 0.15) is 0 Å². The molecule has 1 fully saturated rings. The maximum absolute atomic E-state index is 13.2. The summed E-state index contributed by atoms with van der Waals surface area (Å²) in [5.74, 6) is -3.41. The predicted octanol–water partition coefficient (Wildman–Crippen LogP) is 3.52. The third kappa shape index (κ3) is 6.42. The van der Waals surface area contributed by atoms with Crippen LogP contribution in [-0.2, 0) is 37.1 Å². The average Bonchev–Trinajstić information content (AvgIpc) is 2.80. The summed E-state index contributed by atoms with van der Waals surface area (Å²) in [6.07, 6.45) is 1.45. The Morgan fingerprint density at radius 2 is 1.73 bits per heavy atom. The van der Waals surface area contributed by atoms with Gasteiger partial charge in [-0.3, -0.25) is 8.98 Å². The second-order valence-corrected chi connectivity index (χ2v) is 9.97.